The van der Waals surface area contributed by atoms with Gasteiger partial charge in [0.25, 0.3) is 0 Å². The van der Waals surface area contributed by atoms with Gasteiger partial charge in [0.1, 0.15) is 17.3 Å². The fourth-order valence-electron chi connectivity index (χ4n) is 2.84. The van der Waals surface area contributed by atoms with Crippen molar-refractivity contribution in [2.24, 2.45) is 0 Å². The van der Waals surface area contributed by atoms with Crippen LogP contribution in [0, 0.1) is 13.8 Å². The summed E-state index contributed by atoms with van der Waals surface area (Å²) in [4.78, 5) is 13.1. The van der Waals surface area contributed by atoms with Crippen molar-refractivity contribution in [2.45, 2.75) is 13.8 Å². The zero-order chi connectivity index (χ0) is 20.1. The van der Waals surface area contributed by atoms with Gasteiger partial charge < -0.3 is 19.6 Å². The van der Waals surface area contributed by atoms with E-state index in [4.69, 9.17) is 19.6 Å². The molecule has 0 radical (unpaired) electrons. The molecular weight excluding hydrogens is 354 g/mol. The summed E-state index contributed by atoms with van der Waals surface area (Å²) in [6, 6.07) is 14.4. The van der Waals surface area contributed by atoms with Crippen molar-refractivity contribution in [3.63, 3.8) is 0 Å². The van der Waals surface area contributed by atoms with E-state index < -0.39 is 0 Å². The number of benzene rings is 2. The average molecular weight is 377 g/mol. The fourth-order valence-corrected chi connectivity index (χ4v) is 2.84. The van der Waals surface area contributed by atoms with Crippen molar-refractivity contribution in [3.05, 3.63) is 82.3 Å². The summed E-state index contributed by atoms with van der Waals surface area (Å²) in [6.07, 6.45) is 3.67. The first-order valence-corrected chi connectivity index (χ1v) is 8.90. The smallest absolute Gasteiger partial charge is 0.198 e. The average Bonchev–Trinajstić information content (AvgIpc) is 3.03. The third kappa shape index (κ3) is 4.15. The van der Waals surface area contributed by atoms with Crippen LogP contribution in [0.1, 0.15) is 38.6 Å². The lowest BCUT2D eigenvalue weighted by molar-refractivity contribution is 0.0502. The largest absolute Gasteiger partial charge is 0.466 e. The van der Waals surface area contributed by atoms with Gasteiger partial charge >= 0.3 is 0 Å². The number of anilines is 1. The highest BCUT2D eigenvalue weighted by Gasteiger charge is 2.20. The van der Waals surface area contributed by atoms with Crippen molar-refractivity contribution in [1.29, 1.82) is 0 Å². The molecule has 3 rings (SSSR count). The number of nitrogens with two attached hydrogens (primary N) is 1. The predicted molar refractivity (Wildman–Crippen MR) is 110 cm³/mol. The van der Waals surface area contributed by atoms with Gasteiger partial charge in [-0.25, -0.2) is 0 Å². The van der Waals surface area contributed by atoms with Gasteiger partial charge in [-0.15, -0.1) is 0 Å². The zero-order valence-corrected chi connectivity index (χ0v) is 16.2. The lowest BCUT2D eigenvalue weighted by Gasteiger charge is -2.15. The summed E-state index contributed by atoms with van der Waals surface area (Å²) < 4.78 is 16.5. The van der Waals surface area contributed by atoms with E-state index in [9.17, 15) is 4.79 Å². The molecule has 1 aromatic heterocycles. The summed E-state index contributed by atoms with van der Waals surface area (Å²) in [6.45, 7) is 3.90. The molecule has 3 aromatic rings. The van der Waals surface area contributed by atoms with Gasteiger partial charge in [-0.05, 0) is 49.8 Å². The van der Waals surface area contributed by atoms with Crippen LogP contribution < -0.4 is 10.5 Å². The molecule has 5 nitrogen and oxygen atoms in total. The van der Waals surface area contributed by atoms with Crippen molar-refractivity contribution >= 4 is 23.6 Å². The molecule has 0 unspecified atom stereocenters. The van der Waals surface area contributed by atoms with E-state index in [2.05, 4.69) is 0 Å². The van der Waals surface area contributed by atoms with Crippen LogP contribution in [-0.2, 0) is 4.74 Å². The first-order chi connectivity index (χ1) is 13.5. The highest BCUT2D eigenvalue weighted by atomic mass is 16.7. The highest BCUT2D eigenvalue weighted by Crippen LogP contribution is 2.33. The normalized spacial score (nSPS) is 11.1. The number of ketones is 1. The van der Waals surface area contributed by atoms with Gasteiger partial charge in [0.05, 0.1) is 5.56 Å². The Balaban J connectivity index is 2.06. The Morgan fingerprint density at radius 3 is 2.50 bits per heavy atom. The number of hydrogen-bond acceptors (Lipinski definition) is 5. The second-order valence-corrected chi connectivity index (χ2v) is 6.42. The van der Waals surface area contributed by atoms with Gasteiger partial charge in [0.15, 0.2) is 12.6 Å². The molecule has 1 heterocycles. The first kappa shape index (κ1) is 19.5. The molecule has 5 heteroatoms. The molecule has 2 aromatic carbocycles. The maximum Gasteiger partial charge on any atom is 0.198 e. The molecule has 28 heavy (non-hydrogen) atoms. The molecule has 0 bridgehead atoms. The Bertz CT molecular complexity index is 983. The molecule has 0 spiro atoms. The van der Waals surface area contributed by atoms with Crippen molar-refractivity contribution < 1.29 is 18.7 Å². The van der Waals surface area contributed by atoms with Crippen molar-refractivity contribution in [3.8, 4) is 5.75 Å². The van der Waals surface area contributed by atoms with Crippen LogP contribution in [0.2, 0.25) is 0 Å². The molecule has 0 fully saturated rings. The SMILES string of the molecule is COCOc1c(C=Cc2cc(C)c(C)o2)ccc(N)c1C(=O)c1ccccc1. The minimum atomic E-state index is -0.204. The molecule has 0 aliphatic heterocycles. The standard InChI is InChI=1S/C23H23NO4/c1-15-13-19(28-16(15)2)11-9-18-10-12-20(24)21(23(18)27-14-26-3)22(25)17-7-5-4-6-8-17/h4-13H,14,24H2,1-3H3. The fraction of sp³-hybridized carbons (Fsp3) is 0.174. The number of methoxy groups -OCH3 is 1. The van der Waals surface area contributed by atoms with Crippen LogP contribution in [0.3, 0.4) is 0 Å². The van der Waals surface area contributed by atoms with Crippen LogP contribution in [0.25, 0.3) is 12.2 Å². The Morgan fingerprint density at radius 2 is 1.86 bits per heavy atom. The lowest BCUT2D eigenvalue weighted by Crippen LogP contribution is -2.11. The molecule has 144 valence electrons. The first-order valence-electron chi connectivity index (χ1n) is 8.90. The van der Waals surface area contributed by atoms with Crippen LogP contribution in [0.4, 0.5) is 5.69 Å². The number of carbonyl (C=O) groups excluding carboxylic acids is 1. The molecule has 0 saturated carbocycles. The van der Waals surface area contributed by atoms with Crippen LogP contribution in [0.15, 0.2) is 52.9 Å². The Labute approximate surface area is 164 Å². The van der Waals surface area contributed by atoms with Crippen LogP contribution in [0.5, 0.6) is 5.75 Å². The molecule has 0 amide bonds. The van der Waals surface area contributed by atoms with E-state index >= 15 is 0 Å². The third-order valence-electron chi connectivity index (χ3n) is 4.42. The molecule has 0 saturated heterocycles. The number of aryl methyl sites for hydroxylation is 2. The van der Waals surface area contributed by atoms with Gasteiger partial charge in [-0.2, -0.15) is 0 Å². The summed E-state index contributed by atoms with van der Waals surface area (Å²) in [7, 11) is 1.52. The van der Waals surface area contributed by atoms with Gasteiger partial charge in [-0.3, -0.25) is 4.79 Å². The lowest BCUT2D eigenvalue weighted by atomic mass is 9.97. The topological polar surface area (TPSA) is 74.7 Å². The predicted octanol–water partition coefficient (Wildman–Crippen LogP) is 4.86. The van der Waals surface area contributed by atoms with E-state index in [1.807, 2.05) is 50.3 Å². The van der Waals surface area contributed by atoms with Crippen molar-refractivity contribution in [2.75, 3.05) is 19.6 Å². The number of rotatable bonds is 7. The molecule has 2 N–H and O–H groups in total. The van der Waals surface area contributed by atoms with Gasteiger partial charge in [0.2, 0.25) is 0 Å². The quantitative estimate of drug-likeness (QED) is 0.361. The minimum absolute atomic E-state index is 0.00166. The number of hydrogen-bond donors (Lipinski definition) is 1. The monoisotopic (exact) mass is 377 g/mol. The Hall–Kier alpha value is -3.31. The number of carbonyl (C=O) groups is 1. The van der Waals surface area contributed by atoms with Crippen LogP contribution >= 0.6 is 0 Å². The number of nitrogen functional groups attached to an aromatic ring is 1. The molecular formula is C23H23NO4. The highest BCUT2D eigenvalue weighted by molar-refractivity contribution is 6.14. The van der Waals surface area contributed by atoms with E-state index in [0.717, 1.165) is 17.1 Å². The molecule has 0 aliphatic rings. The Morgan fingerprint density at radius 1 is 1.11 bits per heavy atom. The summed E-state index contributed by atoms with van der Waals surface area (Å²) in [5.41, 5.74) is 9.13. The van der Waals surface area contributed by atoms with E-state index in [-0.39, 0.29) is 12.6 Å². The van der Waals surface area contributed by atoms with Gasteiger partial charge in [0, 0.05) is 23.9 Å². The number of furan rings is 1. The van der Waals surface area contributed by atoms with E-state index in [1.54, 1.807) is 24.3 Å². The third-order valence-corrected chi connectivity index (χ3v) is 4.42. The minimum Gasteiger partial charge on any atom is -0.466 e. The molecule has 0 atom stereocenters. The van der Waals surface area contributed by atoms with E-state index in [1.165, 1.54) is 7.11 Å². The second-order valence-electron chi connectivity index (χ2n) is 6.42. The maximum atomic E-state index is 13.1. The Kier molecular flexibility index (Phi) is 5.96. The summed E-state index contributed by atoms with van der Waals surface area (Å²) in [5, 5.41) is 0. The number of ether oxygens (including phenoxy) is 2. The second kappa shape index (κ2) is 8.59. The van der Waals surface area contributed by atoms with Crippen molar-refractivity contribution in [1.82, 2.24) is 0 Å². The van der Waals surface area contributed by atoms with E-state index in [0.29, 0.717) is 28.1 Å². The summed E-state index contributed by atoms with van der Waals surface area (Å²) >= 11 is 0. The zero-order valence-electron chi connectivity index (χ0n) is 16.2. The summed E-state index contributed by atoms with van der Waals surface area (Å²) in [5.74, 6) is 1.77. The maximum absolute atomic E-state index is 13.1. The van der Waals surface area contributed by atoms with Crippen LogP contribution in [-0.4, -0.2) is 19.7 Å². The van der Waals surface area contributed by atoms with Gasteiger partial charge in [-0.1, -0.05) is 30.3 Å². The molecule has 0 aliphatic carbocycles.